The quantitative estimate of drug-likeness (QED) is 0.0745. The van der Waals surface area contributed by atoms with Gasteiger partial charge in [-0.05, 0) is 80.3 Å². The number of rotatable bonds is 28. The number of hydrogen-bond donors (Lipinski definition) is 3. The van der Waals surface area contributed by atoms with Crippen molar-refractivity contribution in [3.8, 4) is 0 Å². The van der Waals surface area contributed by atoms with Gasteiger partial charge in [-0.15, -0.1) is 5.06 Å². The van der Waals surface area contributed by atoms with Gasteiger partial charge in [0.1, 0.15) is 6.04 Å². The second-order valence-electron chi connectivity index (χ2n) is 20.3. The number of likely N-dealkylation sites (tertiary alicyclic amines) is 1. The molecule has 0 spiro atoms. The number of benzene rings is 2. The fourth-order valence-electron chi connectivity index (χ4n) is 10.0. The van der Waals surface area contributed by atoms with Crippen LogP contribution in [-0.4, -0.2) is 158 Å². The third kappa shape index (κ3) is 16.7. The highest BCUT2D eigenvalue weighted by molar-refractivity contribution is 7.85. The number of amides is 6. The Morgan fingerprint density at radius 2 is 1.50 bits per heavy atom. The van der Waals surface area contributed by atoms with Crippen molar-refractivity contribution in [2.24, 2.45) is 23.7 Å². The first-order valence-electron chi connectivity index (χ1n) is 25.7. The standard InChI is InChI=1S/C54H80N6O13S/c1-12-36(6)50(58(9)54(67)48(34(2)3)56-53(66)49(35(4)5)57(8)30-17-21-47(64)73-60-44(61)28-29-45(60)62)43(71-10)33-46(63)59-31-16-20-42(59)51(72-11)37(7)52(65)55-40(32-39-18-14-13-15-19-39)25-22-38-23-26-41(27-24-38)74(68,69)70/h13-15,18-19,22-27,34-37,40,42-43,48-51H,12,16-17,20-21,28-33H2,1-11H3,(H,55,65)(H,56,66)(H,68,69,70)/t36-,37+,40+,42-,43+,48-,49-,50-,51+/m0/s1. The number of carbonyl (C=O) groups is 7. The minimum atomic E-state index is -4.36. The van der Waals surface area contributed by atoms with Crippen molar-refractivity contribution >= 4 is 57.6 Å². The second-order valence-corrected chi connectivity index (χ2v) is 21.8. The Kier molecular flexibility index (Phi) is 23.4. The number of ether oxygens (including phenoxy) is 2. The van der Waals surface area contributed by atoms with Gasteiger partial charge in [-0.2, -0.15) is 8.42 Å². The van der Waals surface area contributed by atoms with Crippen molar-refractivity contribution in [3.05, 3.63) is 71.8 Å². The van der Waals surface area contributed by atoms with Gasteiger partial charge < -0.3 is 34.7 Å². The first kappa shape index (κ1) is 61.0. The third-order valence-corrected chi connectivity index (χ3v) is 15.1. The Balaban J connectivity index is 1.45. The molecule has 2 fully saturated rings. The fourth-order valence-corrected chi connectivity index (χ4v) is 10.5. The van der Waals surface area contributed by atoms with Gasteiger partial charge in [0.25, 0.3) is 21.9 Å². The number of nitrogens with one attached hydrogen (secondary N) is 2. The highest BCUT2D eigenvalue weighted by atomic mass is 32.2. The molecule has 0 bridgehead atoms. The zero-order chi connectivity index (χ0) is 55.0. The Labute approximate surface area is 437 Å². The van der Waals surface area contributed by atoms with Gasteiger partial charge in [-0.1, -0.05) is 110 Å². The summed E-state index contributed by atoms with van der Waals surface area (Å²) in [5.41, 5.74) is 1.63. The van der Waals surface area contributed by atoms with E-state index in [1.807, 2.05) is 78.0 Å². The lowest BCUT2D eigenvalue weighted by Crippen LogP contribution is -2.60. The molecule has 2 aromatic carbocycles. The van der Waals surface area contributed by atoms with Crippen molar-refractivity contribution in [1.82, 2.24) is 30.4 Å². The first-order valence-corrected chi connectivity index (χ1v) is 27.2. The van der Waals surface area contributed by atoms with Crippen LogP contribution in [0.1, 0.15) is 111 Å². The van der Waals surface area contributed by atoms with Crippen molar-refractivity contribution in [3.63, 3.8) is 0 Å². The average Bonchev–Trinajstić information content (AvgIpc) is 3.97. The molecule has 410 valence electrons. The van der Waals surface area contributed by atoms with E-state index in [0.29, 0.717) is 49.4 Å². The molecule has 2 saturated heterocycles. The molecule has 2 aliphatic rings. The van der Waals surface area contributed by atoms with Crippen molar-refractivity contribution in [1.29, 1.82) is 0 Å². The predicted molar refractivity (Wildman–Crippen MR) is 278 cm³/mol. The minimum absolute atomic E-state index is 0.00752. The highest BCUT2D eigenvalue weighted by Gasteiger charge is 2.43. The molecule has 20 heteroatoms. The number of carbonyl (C=O) groups excluding carboxylic acids is 7. The third-order valence-electron chi connectivity index (χ3n) is 14.3. The molecule has 19 nitrogen and oxygen atoms in total. The van der Waals surface area contributed by atoms with Crippen LogP contribution in [0.2, 0.25) is 0 Å². The number of likely N-dealkylation sites (N-methyl/N-ethyl adjacent to an activating group) is 2. The maximum absolute atomic E-state index is 14.7. The number of imide groups is 1. The molecular formula is C54H80N6O13S. The lowest BCUT2D eigenvalue weighted by Gasteiger charge is -2.41. The van der Waals surface area contributed by atoms with Crippen LogP contribution in [0.15, 0.2) is 65.6 Å². The molecule has 0 aliphatic carbocycles. The molecule has 0 aromatic heterocycles. The summed E-state index contributed by atoms with van der Waals surface area (Å²) in [6.45, 7) is 14.0. The molecule has 2 heterocycles. The number of nitrogens with zero attached hydrogens (tertiary/aromatic N) is 4. The highest BCUT2D eigenvalue weighted by Crippen LogP contribution is 2.30. The summed E-state index contributed by atoms with van der Waals surface area (Å²) >= 11 is 0. The first-order chi connectivity index (χ1) is 34.9. The van der Waals surface area contributed by atoms with Crippen molar-refractivity contribution in [2.75, 3.05) is 41.4 Å². The topological polar surface area (TPSA) is 239 Å². The molecule has 9 atom stereocenters. The Morgan fingerprint density at radius 1 is 0.865 bits per heavy atom. The van der Waals surface area contributed by atoms with E-state index in [9.17, 15) is 46.5 Å². The van der Waals surface area contributed by atoms with Gasteiger partial charge in [0.15, 0.2) is 0 Å². The van der Waals surface area contributed by atoms with Crippen LogP contribution in [0, 0.1) is 23.7 Å². The predicted octanol–water partition coefficient (Wildman–Crippen LogP) is 5.08. The normalized spacial score (nSPS) is 18.6. The number of methoxy groups -OCH3 is 2. The monoisotopic (exact) mass is 1050 g/mol. The van der Waals surface area contributed by atoms with Crippen LogP contribution in [0.5, 0.6) is 0 Å². The summed E-state index contributed by atoms with van der Waals surface area (Å²) in [6, 6.07) is 12.2. The van der Waals surface area contributed by atoms with E-state index < -0.39 is 76.2 Å². The fraction of sp³-hybridized carbons (Fsp3) is 0.611. The summed E-state index contributed by atoms with van der Waals surface area (Å²) in [6.07, 6.45) is 4.67. The molecule has 0 unspecified atom stereocenters. The summed E-state index contributed by atoms with van der Waals surface area (Å²) < 4.78 is 44.7. The van der Waals surface area contributed by atoms with Crippen molar-refractivity contribution in [2.45, 2.75) is 154 Å². The van der Waals surface area contributed by atoms with Gasteiger partial charge in [0.05, 0.1) is 53.6 Å². The van der Waals surface area contributed by atoms with E-state index in [4.69, 9.17) is 14.3 Å². The molecule has 0 saturated carbocycles. The second kappa shape index (κ2) is 28.4. The van der Waals surface area contributed by atoms with E-state index in [2.05, 4.69) is 10.6 Å². The molecule has 2 aliphatic heterocycles. The van der Waals surface area contributed by atoms with Crippen LogP contribution >= 0.6 is 0 Å². The maximum atomic E-state index is 14.7. The van der Waals surface area contributed by atoms with E-state index in [-0.39, 0.29) is 78.4 Å². The van der Waals surface area contributed by atoms with Crippen LogP contribution in [0.25, 0.3) is 6.08 Å². The SMILES string of the molecule is CC[C@H](C)[C@@H]([C@@H](CC(=O)N1CCC[C@H]1[C@H](OC)[C@@H](C)C(=O)N[C@H](C=Cc1ccc(S(=O)(=O)O)cc1)Cc1ccccc1)OC)N(C)C(=O)[C@@H](NC(=O)[C@H](C(C)C)N(C)CCCC(=O)ON1C(=O)CCC1=O)C(C)C. The maximum Gasteiger partial charge on any atom is 0.333 e. The van der Waals surface area contributed by atoms with Gasteiger partial charge >= 0.3 is 5.97 Å². The minimum Gasteiger partial charge on any atom is -0.379 e. The molecular weight excluding hydrogens is 973 g/mol. The number of hydroxylamine groups is 2. The lowest BCUT2D eigenvalue weighted by molar-refractivity contribution is -0.197. The molecule has 4 rings (SSSR count). The van der Waals surface area contributed by atoms with Crippen LogP contribution in [-0.2, 0) is 64.4 Å². The Bertz CT molecular complexity index is 2350. The molecule has 3 N–H and O–H groups in total. The van der Waals surface area contributed by atoms with E-state index >= 15 is 0 Å². The summed E-state index contributed by atoms with van der Waals surface area (Å²) in [4.78, 5) is 104. The Hall–Kier alpha value is -5.54. The largest absolute Gasteiger partial charge is 0.379 e. The van der Waals surface area contributed by atoms with Gasteiger partial charge in [0, 0.05) is 47.1 Å². The van der Waals surface area contributed by atoms with Crippen molar-refractivity contribution < 1.29 is 60.8 Å². The van der Waals surface area contributed by atoms with Crippen LogP contribution in [0.4, 0.5) is 0 Å². The van der Waals surface area contributed by atoms with Gasteiger partial charge in [-0.25, -0.2) is 4.79 Å². The molecule has 6 amide bonds. The summed E-state index contributed by atoms with van der Waals surface area (Å²) in [7, 11) is 2.11. The Morgan fingerprint density at radius 3 is 2.05 bits per heavy atom. The zero-order valence-electron chi connectivity index (χ0n) is 45.0. The van der Waals surface area contributed by atoms with Gasteiger partial charge in [0.2, 0.25) is 23.6 Å². The molecule has 0 radical (unpaired) electrons. The smallest absolute Gasteiger partial charge is 0.333 e. The average molecular weight is 1050 g/mol. The van der Waals surface area contributed by atoms with Gasteiger partial charge in [-0.3, -0.25) is 38.2 Å². The lowest BCUT2D eigenvalue weighted by atomic mass is 9.89. The molecule has 74 heavy (non-hydrogen) atoms. The van der Waals surface area contributed by atoms with E-state index in [0.717, 1.165) is 5.56 Å². The van der Waals surface area contributed by atoms with E-state index in [1.54, 1.807) is 53.9 Å². The molecule has 2 aromatic rings. The van der Waals surface area contributed by atoms with Crippen LogP contribution in [0.3, 0.4) is 0 Å². The van der Waals surface area contributed by atoms with E-state index in [1.165, 1.54) is 26.4 Å². The number of hydrogen-bond acceptors (Lipinski definition) is 13. The summed E-state index contributed by atoms with van der Waals surface area (Å²) in [5, 5.41) is 6.69. The zero-order valence-corrected chi connectivity index (χ0v) is 45.8. The van der Waals surface area contributed by atoms with Crippen LogP contribution < -0.4 is 10.6 Å². The summed E-state index contributed by atoms with van der Waals surface area (Å²) in [5.74, 6) is -4.42.